The van der Waals surface area contributed by atoms with Gasteiger partial charge in [-0.1, -0.05) is 6.42 Å². The van der Waals surface area contributed by atoms with Crippen LogP contribution in [0.2, 0.25) is 0 Å². The maximum Gasteiger partial charge on any atom is 0.331 e. The first-order chi connectivity index (χ1) is 11.6. The fourth-order valence-electron chi connectivity index (χ4n) is 4.23. The molecule has 1 aromatic rings. The number of nitrogens with zero attached hydrogens (tertiary/aromatic N) is 2. The van der Waals surface area contributed by atoms with E-state index in [9.17, 15) is 14.4 Å². The fraction of sp³-hybridized carbons (Fsp3) is 0.529. The average Bonchev–Trinajstić information content (AvgIpc) is 3.28. The number of carbonyl (C=O) groups excluding carboxylic acids is 3. The van der Waals surface area contributed by atoms with Gasteiger partial charge in [-0.2, -0.15) is 0 Å². The van der Waals surface area contributed by atoms with Crippen LogP contribution in [0.3, 0.4) is 0 Å². The summed E-state index contributed by atoms with van der Waals surface area (Å²) in [5.74, 6) is -0.479. The van der Waals surface area contributed by atoms with Gasteiger partial charge in [-0.25, -0.2) is 4.79 Å². The highest BCUT2D eigenvalue weighted by Gasteiger charge is 2.50. The highest BCUT2D eigenvalue weighted by molar-refractivity contribution is 6.23. The van der Waals surface area contributed by atoms with Crippen LogP contribution in [0.5, 0.6) is 0 Å². The zero-order valence-electron chi connectivity index (χ0n) is 13.2. The molecule has 1 saturated heterocycles. The third-order valence-corrected chi connectivity index (χ3v) is 5.35. The average molecular weight is 329 g/mol. The number of rotatable bonds is 4. The molecule has 4 rings (SSSR count). The normalized spacial score (nSPS) is 32.8. The molecular formula is C17H19N3O4. The van der Waals surface area contributed by atoms with Gasteiger partial charge >= 0.3 is 6.03 Å². The zero-order valence-corrected chi connectivity index (χ0v) is 13.2. The number of nitrogens with one attached hydrogen (secondary N) is 1. The Morgan fingerprint density at radius 1 is 1.29 bits per heavy atom. The fourth-order valence-corrected chi connectivity index (χ4v) is 4.23. The van der Waals surface area contributed by atoms with Crippen molar-refractivity contribution in [3.63, 3.8) is 0 Å². The molecule has 7 nitrogen and oxygen atoms in total. The van der Waals surface area contributed by atoms with Gasteiger partial charge in [-0.05, 0) is 43.2 Å². The standard InChI is InChI=1S/C17H19N3O4/c21-15-13(9-18-8-12-2-1-5-24-12)16(22)20(17(23)19-15)14-7-10-3-4-11(14)6-10/h1-2,5,9-11,13-14H,3-4,6-8H2,(H,19,21,23)/t10-,11-,13+,14+/m0/s1. The Morgan fingerprint density at radius 3 is 2.83 bits per heavy atom. The van der Waals surface area contributed by atoms with E-state index in [1.165, 1.54) is 17.5 Å². The van der Waals surface area contributed by atoms with Crippen LogP contribution in [0, 0.1) is 17.8 Å². The molecule has 4 atom stereocenters. The van der Waals surface area contributed by atoms with E-state index >= 15 is 0 Å². The third kappa shape index (κ3) is 2.53. The van der Waals surface area contributed by atoms with Crippen LogP contribution >= 0.6 is 0 Å². The van der Waals surface area contributed by atoms with Crippen molar-refractivity contribution in [2.45, 2.75) is 38.3 Å². The van der Waals surface area contributed by atoms with Gasteiger partial charge in [0.05, 0.1) is 12.8 Å². The Kier molecular flexibility index (Phi) is 3.70. The van der Waals surface area contributed by atoms with Crippen LogP contribution < -0.4 is 5.32 Å². The Morgan fingerprint density at radius 2 is 2.17 bits per heavy atom. The van der Waals surface area contributed by atoms with Crippen molar-refractivity contribution in [2.24, 2.45) is 22.7 Å². The Labute approximate surface area is 139 Å². The van der Waals surface area contributed by atoms with E-state index in [0.29, 0.717) is 17.6 Å². The van der Waals surface area contributed by atoms with Gasteiger partial charge < -0.3 is 4.42 Å². The number of furan rings is 1. The zero-order chi connectivity index (χ0) is 16.7. The monoisotopic (exact) mass is 329 g/mol. The second-order valence-electron chi connectivity index (χ2n) is 6.79. The molecule has 3 aliphatic rings. The molecule has 126 valence electrons. The second-order valence-corrected chi connectivity index (χ2v) is 6.79. The maximum absolute atomic E-state index is 12.7. The number of barbiturate groups is 1. The van der Waals surface area contributed by atoms with Gasteiger partial charge in [-0.3, -0.25) is 24.8 Å². The molecule has 0 spiro atoms. The van der Waals surface area contributed by atoms with E-state index in [1.807, 2.05) is 0 Å². The number of imide groups is 2. The van der Waals surface area contributed by atoms with E-state index in [-0.39, 0.29) is 12.6 Å². The minimum absolute atomic E-state index is 0.0784. The molecule has 2 heterocycles. The van der Waals surface area contributed by atoms with Gasteiger partial charge in [-0.15, -0.1) is 0 Å². The first kappa shape index (κ1) is 15.1. The molecule has 0 unspecified atom stereocenters. The number of aliphatic imine (C=N–C) groups is 1. The van der Waals surface area contributed by atoms with E-state index in [1.54, 1.807) is 18.4 Å². The summed E-state index contributed by atoms with van der Waals surface area (Å²) in [6.07, 6.45) is 7.03. The Balaban J connectivity index is 1.49. The second kappa shape index (κ2) is 5.89. The van der Waals surface area contributed by atoms with E-state index < -0.39 is 23.8 Å². The topological polar surface area (TPSA) is 92.0 Å². The summed E-state index contributed by atoms with van der Waals surface area (Å²) in [5, 5.41) is 2.30. The number of amides is 4. The third-order valence-electron chi connectivity index (χ3n) is 5.35. The summed E-state index contributed by atoms with van der Waals surface area (Å²) < 4.78 is 5.17. The SMILES string of the molecule is O=C1NC(=O)N([C@@H]2C[C@H]3CC[C@H]2C3)C(=O)[C@@H]1C=NCc1ccco1. The number of carbonyl (C=O) groups is 3. The number of fused-ring (bicyclic) bond motifs is 2. The first-order valence-corrected chi connectivity index (χ1v) is 8.33. The van der Waals surface area contributed by atoms with E-state index in [0.717, 1.165) is 19.3 Å². The molecule has 2 aliphatic carbocycles. The van der Waals surface area contributed by atoms with Crippen LogP contribution in [0.15, 0.2) is 27.8 Å². The van der Waals surface area contributed by atoms with Crippen LogP contribution in [-0.2, 0) is 16.1 Å². The molecule has 0 aromatic carbocycles. The highest BCUT2D eigenvalue weighted by Crippen LogP contribution is 2.47. The molecule has 24 heavy (non-hydrogen) atoms. The van der Waals surface area contributed by atoms with Crippen LogP contribution in [-0.4, -0.2) is 35.0 Å². The lowest BCUT2D eigenvalue weighted by Crippen LogP contribution is -2.62. The minimum Gasteiger partial charge on any atom is -0.467 e. The lowest BCUT2D eigenvalue weighted by Gasteiger charge is -2.36. The van der Waals surface area contributed by atoms with Gasteiger partial charge in [0.25, 0.3) is 0 Å². The largest absolute Gasteiger partial charge is 0.467 e. The highest BCUT2D eigenvalue weighted by atomic mass is 16.3. The molecule has 7 heteroatoms. The Bertz CT molecular complexity index is 697. The van der Waals surface area contributed by atoms with Gasteiger partial charge in [0, 0.05) is 12.3 Å². The summed E-state index contributed by atoms with van der Waals surface area (Å²) in [6.45, 7) is 0.256. The summed E-state index contributed by atoms with van der Waals surface area (Å²) >= 11 is 0. The van der Waals surface area contributed by atoms with Crippen molar-refractivity contribution in [1.29, 1.82) is 0 Å². The van der Waals surface area contributed by atoms with Crippen molar-refractivity contribution in [2.75, 3.05) is 0 Å². The van der Waals surface area contributed by atoms with Crippen LogP contribution in [0.25, 0.3) is 0 Å². The molecule has 2 saturated carbocycles. The smallest absolute Gasteiger partial charge is 0.331 e. The predicted octanol–water partition coefficient (Wildman–Crippen LogP) is 1.73. The number of urea groups is 1. The van der Waals surface area contributed by atoms with Gasteiger partial charge in [0.1, 0.15) is 5.76 Å². The summed E-state index contributed by atoms with van der Waals surface area (Å²) in [4.78, 5) is 42.4. The summed E-state index contributed by atoms with van der Waals surface area (Å²) in [6, 6.07) is 2.85. The molecule has 1 aliphatic heterocycles. The van der Waals surface area contributed by atoms with Gasteiger partial charge in [0.15, 0.2) is 5.92 Å². The van der Waals surface area contributed by atoms with Crippen molar-refractivity contribution in [3.8, 4) is 0 Å². The molecule has 2 bridgehead atoms. The van der Waals surface area contributed by atoms with Crippen molar-refractivity contribution < 1.29 is 18.8 Å². The quantitative estimate of drug-likeness (QED) is 0.672. The van der Waals surface area contributed by atoms with Crippen LogP contribution in [0.1, 0.15) is 31.4 Å². The molecule has 1 N–H and O–H groups in total. The molecule has 3 fully saturated rings. The molecular weight excluding hydrogens is 310 g/mol. The molecule has 0 radical (unpaired) electrons. The van der Waals surface area contributed by atoms with Crippen LogP contribution in [0.4, 0.5) is 4.79 Å². The number of hydrogen-bond acceptors (Lipinski definition) is 5. The maximum atomic E-state index is 12.7. The summed E-state index contributed by atoms with van der Waals surface area (Å²) in [7, 11) is 0. The Hall–Kier alpha value is -2.44. The number of hydrogen-bond donors (Lipinski definition) is 1. The predicted molar refractivity (Wildman–Crippen MR) is 84.0 cm³/mol. The molecule has 4 amide bonds. The van der Waals surface area contributed by atoms with E-state index in [4.69, 9.17) is 4.42 Å². The van der Waals surface area contributed by atoms with E-state index in [2.05, 4.69) is 10.3 Å². The van der Waals surface area contributed by atoms with Crippen molar-refractivity contribution in [1.82, 2.24) is 10.2 Å². The summed E-state index contributed by atoms with van der Waals surface area (Å²) in [5.41, 5.74) is 0. The minimum atomic E-state index is -1.04. The lowest BCUT2D eigenvalue weighted by molar-refractivity contribution is -0.141. The van der Waals surface area contributed by atoms with Crippen molar-refractivity contribution in [3.05, 3.63) is 24.2 Å². The lowest BCUT2D eigenvalue weighted by atomic mass is 9.92. The van der Waals surface area contributed by atoms with Crippen molar-refractivity contribution >= 4 is 24.1 Å². The molecule has 1 aromatic heterocycles. The first-order valence-electron chi connectivity index (χ1n) is 8.33. The van der Waals surface area contributed by atoms with Gasteiger partial charge in [0.2, 0.25) is 11.8 Å².